The first-order chi connectivity index (χ1) is 12.8. The van der Waals surface area contributed by atoms with Crippen LogP contribution in [0.2, 0.25) is 0 Å². The summed E-state index contributed by atoms with van der Waals surface area (Å²) < 4.78 is 5.76. The van der Waals surface area contributed by atoms with Gasteiger partial charge in [-0.05, 0) is 55.2 Å². The average Bonchev–Trinajstić information content (AvgIpc) is 3.42. The van der Waals surface area contributed by atoms with Crippen LogP contribution >= 0.6 is 0 Å². The van der Waals surface area contributed by atoms with E-state index in [1.165, 1.54) is 0 Å². The van der Waals surface area contributed by atoms with Crippen molar-refractivity contribution >= 4 is 16.8 Å². The highest BCUT2D eigenvalue weighted by molar-refractivity contribution is 5.93. The van der Waals surface area contributed by atoms with Crippen LogP contribution in [0.5, 0.6) is 5.75 Å². The van der Waals surface area contributed by atoms with Crippen LogP contribution in [0.15, 0.2) is 48.9 Å². The first kappa shape index (κ1) is 16.6. The predicted molar refractivity (Wildman–Crippen MR) is 101 cm³/mol. The molecule has 1 aliphatic rings. The number of hydrogen-bond acceptors (Lipinski definition) is 3. The van der Waals surface area contributed by atoms with Crippen LogP contribution in [0.4, 0.5) is 0 Å². The average molecular weight is 349 g/mol. The Bertz CT molecular complexity index is 900. The van der Waals surface area contributed by atoms with E-state index >= 15 is 0 Å². The minimum Gasteiger partial charge on any atom is -0.493 e. The molecule has 0 spiro atoms. The van der Waals surface area contributed by atoms with Crippen LogP contribution in [-0.4, -0.2) is 33.4 Å². The lowest BCUT2D eigenvalue weighted by Gasteiger charge is -2.22. The number of benzene rings is 1. The van der Waals surface area contributed by atoms with E-state index in [9.17, 15) is 4.79 Å². The zero-order chi connectivity index (χ0) is 17.9. The van der Waals surface area contributed by atoms with Gasteiger partial charge in [-0.25, -0.2) is 0 Å². The lowest BCUT2D eigenvalue weighted by atomic mass is 10.1. The number of carbonyl (C=O) groups excluding carboxylic acids is 1. The standard InChI is InChI=1S/C21H23N3O2/c1-2-26-19-5-3-4-18-21(19)16(13-23-18)12-20(25)24(17-6-7-17)14-15-8-10-22-11-9-15/h3-5,8-11,13,17,23H,2,6-7,12,14H2,1H3. The van der Waals surface area contributed by atoms with Crippen molar-refractivity contribution in [2.45, 2.75) is 38.8 Å². The number of aromatic nitrogens is 2. The van der Waals surface area contributed by atoms with Crippen molar-refractivity contribution in [3.8, 4) is 5.75 Å². The van der Waals surface area contributed by atoms with Crippen LogP contribution in [0.1, 0.15) is 30.9 Å². The van der Waals surface area contributed by atoms with Gasteiger partial charge in [0.1, 0.15) is 5.75 Å². The zero-order valence-corrected chi connectivity index (χ0v) is 14.9. The summed E-state index contributed by atoms with van der Waals surface area (Å²) in [6, 6.07) is 10.3. The number of nitrogens with one attached hydrogen (secondary N) is 1. The molecule has 0 atom stereocenters. The summed E-state index contributed by atoms with van der Waals surface area (Å²) in [5.41, 5.74) is 3.12. The van der Waals surface area contributed by atoms with Gasteiger partial charge < -0.3 is 14.6 Å². The lowest BCUT2D eigenvalue weighted by Crippen LogP contribution is -2.33. The van der Waals surface area contributed by atoms with Crippen molar-refractivity contribution in [3.63, 3.8) is 0 Å². The summed E-state index contributed by atoms with van der Waals surface area (Å²) in [5.74, 6) is 0.998. The first-order valence-corrected chi connectivity index (χ1v) is 9.16. The molecule has 2 heterocycles. The molecule has 5 nitrogen and oxygen atoms in total. The number of nitrogens with zero attached hydrogens (tertiary/aromatic N) is 2. The van der Waals surface area contributed by atoms with E-state index < -0.39 is 0 Å². The molecule has 1 fully saturated rings. The molecule has 0 saturated heterocycles. The largest absolute Gasteiger partial charge is 0.493 e. The van der Waals surface area contributed by atoms with Crippen LogP contribution in [0, 0.1) is 0 Å². The lowest BCUT2D eigenvalue weighted by molar-refractivity contribution is -0.131. The fraction of sp³-hybridized carbons (Fsp3) is 0.333. The number of hydrogen-bond donors (Lipinski definition) is 1. The quantitative estimate of drug-likeness (QED) is 0.708. The van der Waals surface area contributed by atoms with Crippen molar-refractivity contribution in [2.24, 2.45) is 0 Å². The third-order valence-electron chi connectivity index (χ3n) is 4.80. The van der Waals surface area contributed by atoms with Gasteiger partial charge in [-0.1, -0.05) is 6.07 Å². The summed E-state index contributed by atoms with van der Waals surface area (Å²) in [4.78, 5) is 22.4. The number of rotatable bonds is 7. The molecule has 134 valence electrons. The molecule has 1 aromatic carbocycles. The Morgan fingerprint density at radius 1 is 1.27 bits per heavy atom. The number of aromatic amines is 1. The van der Waals surface area contributed by atoms with E-state index in [1.54, 1.807) is 12.4 Å². The highest BCUT2D eigenvalue weighted by Crippen LogP contribution is 2.32. The smallest absolute Gasteiger partial charge is 0.227 e. The van der Waals surface area contributed by atoms with Gasteiger partial charge in [-0.2, -0.15) is 0 Å². The van der Waals surface area contributed by atoms with Gasteiger partial charge in [0.25, 0.3) is 0 Å². The Morgan fingerprint density at radius 3 is 2.81 bits per heavy atom. The predicted octanol–water partition coefficient (Wildman–Crippen LogP) is 3.70. The topological polar surface area (TPSA) is 58.2 Å². The second-order valence-corrected chi connectivity index (χ2v) is 6.71. The van der Waals surface area contributed by atoms with Gasteiger partial charge in [0, 0.05) is 42.1 Å². The summed E-state index contributed by atoms with van der Waals surface area (Å²) in [7, 11) is 0. The second-order valence-electron chi connectivity index (χ2n) is 6.71. The van der Waals surface area contributed by atoms with Gasteiger partial charge in [0.2, 0.25) is 5.91 Å². The number of H-pyrrole nitrogens is 1. The number of pyridine rings is 1. The molecule has 3 aromatic rings. The third kappa shape index (κ3) is 3.43. The Hall–Kier alpha value is -2.82. The molecule has 1 amide bonds. The fourth-order valence-corrected chi connectivity index (χ4v) is 3.39. The van der Waals surface area contributed by atoms with E-state index in [4.69, 9.17) is 4.74 Å². The van der Waals surface area contributed by atoms with Gasteiger partial charge in [-0.3, -0.25) is 9.78 Å². The summed E-state index contributed by atoms with van der Waals surface area (Å²) in [5, 5.41) is 1.02. The molecule has 0 radical (unpaired) electrons. The minimum atomic E-state index is 0.163. The normalized spacial score (nSPS) is 13.7. The Balaban J connectivity index is 1.57. The summed E-state index contributed by atoms with van der Waals surface area (Å²) in [6.07, 6.45) is 8.05. The van der Waals surface area contributed by atoms with Crippen LogP contribution < -0.4 is 4.74 Å². The van der Waals surface area contributed by atoms with Crippen molar-refractivity contribution in [3.05, 3.63) is 60.0 Å². The van der Waals surface area contributed by atoms with E-state index in [-0.39, 0.29) is 5.91 Å². The molecular formula is C21H23N3O2. The minimum absolute atomic E-state index is 0.163. The number of amides is 1. The van der Waals surface area contributed by atoms with Crippen molar-refractivity contribution in [2.75, 3.05) is 6.61 Å². The van der Waals surface area contributed by atoms with Gasteiger partial charge >= 0.3 is 0 Å². The highest BCUT2D eigenvalue weighted by atomic mass is 16.5. The van der Waals surface area contributed by atoms with Crippen LogP contribution in [0.3, 0.4) is 0 Å². The first-order valence-electron chi connectivity index (χ1n) is 9.16. The number of carbonyl (C=O) groups is 1. The Morgan fingerprint density at radius 2 is 2.08 bits per heavy atom. The van der Waals surface area contributed by atoms with Crippen molar-refractivity contribution in [1.82, 2.24) is 14.9 Å². The van der Waals surface area contributed by atoms with Crippen molar-refractivity contribution < 1.29 is 9.53 Å². The molecule has 0 aliphatic heterocycles. The molecule has 1 aliphatic carbocycles. The number of ether oxygens (including phenoxy) is 1. The molecule has 26 heavy (non-hydrogen) atoms. The fourth-order valence-electron chi connectivity index (χ4n) is 3.39. The van der Waals surface area contributed by atoms with Crippen molar-refractivity contribution in [1.29, 1.82) is 0 Å². The number of fused-ring (bicyclic) bond motifs is 1. The molecule has 0 unspecified atom stereocenters. The molecular weight excluding hydrogens is 326 g/mol. The monoisotopic (exact) mass is 349 g/mol. The molecule has 1 N–H and O–H groups in total. The van der Waals surface area contributed by atoms with E-state index in [0.29, 0.717) is 25.6 Å². The molecule has 4 rings (SSSR count). The maximum Gasteiger partial charge on any atom is 0.227 e. The maximum absolute atomic E-state index is 13.1. The Labute approximate surface area is 153 Å². The molecule has 0 bridgehead atoms. The van der Waals surface area contributed by atoms with Crippen LogP contribution in [-0.2, 0) is 17.8 Å². The van der Waals surface area contributed by atoms with Crippen LogP contribution in [0.25, 0.3) is 10.9 Å². The van der Waals surface area contributed by atoms with E-state index in [2.05, 4.69) is 9.97 Å². The summed E-state index contributed by atoms with van der Waals surface area (Å²) in [6.45, 7) is 3.22. The molecule has 5 heteroatoms. The Kier molecular flexibility index (Phi) is 4.61. The van der Waals surface area contributed by atoms with Gasteiger partial charge in [-0.15, -0.1) is 0 Å². The molecule has 1 saturated carbocycles. The van der Waals surface area contributed by atoms with E-state index in [1.807, 2.05) is 48.4 Å². The van der Waals surface area contributed by atoms with Gasteiger partial charge in [0.05, 0.1) is 13.0 Å². The zero-order valence-electron chi connectivity index (χ0n) is 14.9. The van der Waals surface area contributed by atoms with Gasteiger partial charge in [0.15, 0.2) is 0 Å². The SMILES string of the molecule is CCOc1cccc2[nH]cc(CC(=O)N(Cc3ccncc3)C3CC3)c12. The molecule has 2 aromatic heterocycles. The highest BCUT2D eigenvalue weighted by Gasteiger charge is 2.32. The maximum atomic E-state index is 13.1. The van der Waals surface area contributed by atoms with E-state index in [0.717, 1.165) is 40.6 Å². The second kappa shape index (κ2) is 7.20. The summed E-state index contributed by atoms with van der Waals surface area (Å²) >= 11 is 0. The third-order valence-corrected chi connectivity index (χ3v) is 4.80.